The van der Waals surface area contributed by atoms with Crippen LogP contribution in [0.1, 0.15) is 0 Å². The molecule has 0 N–H and O–H groups in total. The number of hydrogen-bond acceptors (Lipinski definition) is 3. The van der Waals surface area contributed by atoms with Crippen LogP contribution in [0.5, 0.6) is 0 Å². The van der Waals surface area contributed by atoms with Gasteiger partial charge in [0, 0.05) is 54.9 Å². The molecule has 9 aromatic carbocycles. The van der Waals surface area contributed by atoms with Crippen molar-refractivity contribution in [1.29, 1.82) is 0 Å². The highest BCUT2D eigenvalue weighted by Gasteiger charge is 2.18. The van der Waals surface area contributed by atoms with E-state index in [0.29, 0.717) is 5.82 Å². The normalized spacial score (nSPS) is 11.5. The van der Waals surface area contributed by atoms with Crippen LogP contribution in [0.25, 0.3) is 117 Å². The number of hydrogen-bond donors (Lipinski definition) is 0. The quantitative estimate of drug-likeness (QED) is 0.151. The van der Waals surface area contributed by atoms with Gasteiger partial charge in [-0.05, 0) is 64.7 Å². The first-order chi connectivity index (χ1) is 31.2. The van der Waals surface area contributed by atoms with Crippen molar-refractivity contribution in [3.05, 3.63) is 231 Å². The van der Waals surface area contributed by atoms with Gasteiger partial charge in [-0.25, -0.2) is 15.0 Å². The predicted octanol–water partition coefficient (Wildman–Crippen LogP) is 15.3. The fourth-order valence-electron chi connectivity index (χ4n) is 9.23. The number of rotatable bonds is 7. The number of nitrogens with zero attached hydrogens (tertiary/aromatic N) is 4. The summed E-state index contributed by atoms with van der Waals surface area (Å²) >= 11 is 0. The summed E-state index contributed by atoms with van der Waals surface area (Å²) in [7, 11) is 0. The number of benzene rings is 9. The van der Waals surface area contributed by atoms with Crippen LogP contribution < -0.4 is 0 Å². The lowest BCUT2D eigenvalue weighted by molar-refractivity contribution is 1.16. The molecule has 12 rings (SSSR count). The van der Waals surface area contributed by atoms with Crippen molar-refractivity contribution in [3.63, 3.8) is 0 Å². The summed E-state index contributed by atoms with van der Waals surface area (Å²) < 4.78 is 2.35. The Morgan fingerprint density at radius 1 is 0.302 bits per heavy atom. The van der Waals surface area contributed by atoms with Gasteiger partial charge in [-0.3, -0.25) is 0 Å². The Labute approximate surface area is 365 Å². The van der Waals surface area contributed by atoms with Crippen LogP contribution in [0.4, 0.5) is 0 Å². The molecular formula is C59H38N4. The molecule has 294 valence electrons. The molecule has 0 amide bonds. The number of fused-ring (bicyclic) bond motifs is 6. The first-order valence-electron chi connectivity index (χ1n) is 21.4. The Balaban J connectivity index is 0.998. The Hall–Kier alpha value is -8.47. The molecule has 0 unspecified atom stereocenters. The average molecular weight is 803 g/mol. The number of pyridine rings is 1. The van der Waals surface area contributed by atoms with Gasteiger partial charge in [-0.15, -0.1) is 0 Å². The summed E-state index contributed by atoms with van der Waals surface area (Å²) in [6.45, 7) is 0. The van der Waals surface area contributed by atoms with E-state index in [9.17, 15) is 0 Å². The monoisotopic (exact) mass is 802 g/mol. The molecule has 63 heavy (non-hydrogen) atoms. The summed E-state index contributed by atoms with van der Waals surface area (Å²) in [5.74, 6) is 0.681. The SMILES string of the molecule is c1ccc(-c2nc(-c3cccc(-c4ccc5c(c4)nc(-c4ccccc4)c4cccc(-c6ccccc6)c45)c3)cc(-c3cccc(-n4c5ccccc5c5ccccc54)c3)n2)cc1. The first kappa shape index (κ1) is 36.4. The third-order valence-corrected chi connectivity index (χ3v) is 12.2. The Kier molecular flexibility index (Phi) is 8.79. The fraction of sp³-hybridized carbons (Fsp3) is 0. The predicted molar refractivity (Wildman–Crippen MR) is 262 cm³/mol. The molecule has 0 bridgehead atoms. The van der Waals surface area contributed by atoms with Gasteiger partial charge in [0.1, 0.15) is 0 Å². The molecule has 0 radical (unpaired) electrons. The van der Waals surface area contributed by atoms with Crippen LogP contribution in [0.2, 0.25) is 0 Å². The van der Waals surface area contributed by atoms with Crippen molar-refractivity contribution in [1.82, 2.24) is 19.5 Å². The van der Waals surface area contributed by atoms with Gasteiger partial charge >= 0.3 is 0 Å². The van der Waals surface area contributed by atoms with Gasteiger partial charge in [-0.2, -0.15) is 0 Å². The number of para-hydroxylation sites is 2. The van der Waals surface area contributed by atoms with Crippen LogP contribution in [0.3, 0.4) is 0 Å². The lowest BCUT2D eigenvalue weighted by Gasteiger charge is -2.15. The van der Waals surface area contributed by atoms with Crippen LogP contribution >= 0.6 is 0 Å². The van der Waals surface area contributed by atoms with Gasteiger partial charge in [0.2, 0.25) is 0 Å². The highest BCUT2D eigenvalue weighted by molar-refractivity contribution is 6.17. The lowest BCUT2D eigenvalue weighted by Crippen LogP contribution is -1.98. The Bertz CT molecular complexity index is 3620. The van der Waals surface area contributed by atoms with Crippen LogP contribution in [0, 0.1) is 0 Å². The molecule has 0 fully saturated rings. The van der Waals surface area contributed by atoms with Crippen molar-refractivity contribution < 1.29 is 0 Å². The molecular weight excluding hydrogens is 765 g/mol. The lowest BCUT2D eigenvalue weighted by atomic mass is 9.92. The molecule has 0 aliphatic rings. The fourth-order valence-corrected chi connectivity index (χ4v) is 9.23. The Morgan fingerprint density at radius 3 is 1.52 bits per heavy atom. The highest BCUT2D eigenvalue weighted by Crippen LogP contribution is 2.40. The maximum Gasteiger partial charge on any atom is 0.160 e. The second-order valence-corrected chi connectivity index (χ2v) is 16.0. The van der Waals surface area contributed by atoms with Gasteiger partial charge < -0.3 is 4.57 Å². The number of aromatic nitrogens is 4. The van der Waals surface area contributed by atoms with Crippen molar-refractivity contribution in [3.8, 4) is 73.1 Å². The largest absolute Gasteiger partial charge is 0.309 e. The summed E-state index contributed by atoms with van der Waals surface area (Å²) in [6, 6.07) is 81.5. The molecule has 0 aliphatic carbocycles. The molecule has 3 heterocycles. The van der Waals surface area contributed by atoms with E-state index in [2.05, 4.69) is 217 Å². The molecule has 0 saturated heterocycles. The van der Waals surface area contributed by atoms with Crippen molar-refractivity contribution in [2.75, 3.05) is 0 Å². The summed E-state index contributed by atoms with van der Waals surface area (Å²) in [4.78, 5) is 15.8. The standard InChI is InChI=1S/C59H38N4/c1-4-17-39(18-5-1)47-29-16-30-51-57(47)50-34-33-43(37-54(50)60-58(51)40-19-6-2-7-20-40)42-23-14-24-44(35-42)52-38-53(62-59(61-52)41-21-8-3-9-22-41)45-25-15-26-46(36-45)63-55-31-12-10-27-48(55)49-28-11-13-32-56(49)63/h1-38H. The second-order valence-electron chi connectivity index (χ2n) is 16.0. The van der Waals surface area contributed by atoms with Gasteiger partial charge in [0.05, 0.1) is 33.6 Å². The van der Waals surface area contributed by atoms with Crippen molar-refractivity contribution >= 4 is 43.5 Å². The van der Waals surface area contributed by atoms with Crippen LogP contribution in [-0.4, -0.2) is 19.5 Å². The minimum absolute atomic E-state index is 0.681. The molecule has 12 aromatic rings. The van der Waals surface area contributed by atoms with E-state index in [4.69, 9.17) is 15.0 Å². The average Bonchev–Trinajstić information content (AvgIpc) is 3.71. The molecule has 0 atom stereocenters. The maximum atomic E-state index is 5.40. The van der Waals surface area contributed by atoms with E-state index in [1.165, 1.54) is 38.3 Å². The first-order valence-corrected chi connectivity index (χ1v) is 21.4. The van der Waals surface area contributed by atoms with Gasteiger partial charge in [0.25, 0.3) is 0 Å². The third kappa shape index (κ3) is 6.44. The zero-order chi connectivity index (χ0) is 41.7. The maximum absolute atomic E-state index is 5.40. The highest BCUT2D eigenvalue weighted by atomic mass is 15.0. The van der Waals surface area contributed by atoms with E-state index in [-0.39, 0.29) is 0 Å². The summed E-state index contributed by atoms with van der Waals surface area (Å²) in [6.07, 6.45) is 0. The minimum Gasteiger partial charge on any atom is -0.309 e. The summed E-state index contributed by atoms with van der Waals surface area (Å²) in [5, 5.41) is 5.94. The minimum atomic E-state index is 0.681. The smallest absolute Gasteiger partial charge is 0.160 e. The van der Waals surface area contributed by atoms with Crippen LogP contribution in [0.15, 0.2) is 231 Å². The molecule has 3 aromatic heterocycles. The summed E-state index contributed by atoms with van der Waals surface area (Å²) in [5.41, 5.74) is 15.7. The van der Waals surface area contributed by atoms with E-state index >= 15 is 0 Å². The molecule has 4 heteroatoms. The van der Waals surface area contributed by atoms with Crippen LogP contribution in [-0.2, 0) is 0 Å². The zero-order valence-electron chi connectivity index (χ0n) is 34.2. The van der Waals surface area contributed by atoms with E-state index in [1.807, 2.05) is 18.2 Å². The molecule has 0 aliphatic heterocycles. The Morgan fingerprint density at radius 2 is 0.825 bits per heavy atom. The molecule has 0 spiro atoms. The molecule has 0 saturated carbocycles. The van der Waals surface area contributed by atoms with Gasteiger partial charge in [-0.1, -0.05) is 188 Å². The van der Waals surface area contributed by atoms with Gasteiger partial charge in [0.15, 0.2) is 5.82 Å². The van der Waals surface area contributed by atoms with E-state index < -0.39 is 0 Å². The molecule has 4 nitrogen and oxygen atoms in total. The van der Waals surface area contributed by atoms with Crippen molar-refractivity contribution in [2.24, 2.45) is 0 Å². The third-order valence-electron chi connectivity index (χ3n) is 12.2. The topological polar surface area (TPSA) is 43.6 Å². The van der Waals surface area contributed by atoms with E-state index in [1.54, 1.807) is 0 Å². The zero-order valence-corrected chi connectivity index (χ0v) is 34.2. The van der Waals surface area contributed by atoms with E-state index in [0.717, 1.165) is 72.4 Å². The van der Waals surface area contributed by atoms with Crippen molar-refractivity contribution in [2.45, 2.75) is 0 Å². The second kappa shape index (κ2) is 15.2.